The van der Waals surface area contributed by atoms with Crippen molar-refractivity contribution in [1.29, 1.82) is 0 Å². The minimum absolute atomic E-state index is 0.00512. The number of rotatable bonds is 2. The number of hydrogen-bond acceptors (Lipinski definition) is 6. The van der Waals surface area contributed by atoms with Gasteiger partial charge in [0, 0.05) is 6.07 Å². The minimum Gasteiger partial charge on any atom is -0.508 e. The van der Waals surface area contributed by atoms with E-state index in [1.54, 1.807) is 12.1 Å². The quantitative estimate of drug-likeness (QED) is 0.629. The van der Waals surface area contributed by atoms with Gasteiger partial charge in [-0.1, -0.05) is 12.1 Å². The van der Waals surface area contributed by atoms with Crippen molar-refractivity contribution in [2.75, 3.05) is 7.11 Å². The highest BCUT2D eigenvalue weighted by molar-refractivity contribution is 5.91. The predicted octanol–water partition coefficient (Wildman–Crippen LogP) is 2.59. The van der Waals surface area contributed by atoms with Crippen molar-refractivity contribution < 1.29 is 24.5 Å². The van der Waals surface area contributed by atoms with E-state index in [0.29, 0.717) is 5.56 Å². The Morgan fingerprint density at radius 1 is 1.05 bits per heavy atom. The molecular weight excluding hydrogens is 288 g/mol. The molecule has 0 spiro atoms. The zero-order valence-electron chi connectivity index (χ0n) is 11.5. The monoisotopic (exact) mass is 300 g/mol. The van der Waals surface area contributed by atoms with Crippen LogP contribution in [0.25, 0.3) is 22.1 Å². The average molecular weight is 300 g/mol. The number of ether oxygens (including phenoxy) is 1. The Morgan fingerprint density at radius 2 is 1.73 bits per heavy atom. The fraction of sp³-hybridized carbons (Fsp3) is 0.0625. The van der Waals surface area contributed by atoms with Crippen LogP contribution in [0.1, 0.15) is 0 Å². The molecule has 0 unspecified atom stereocenters. The summed E-state index contributed by atoms with van der Waals surface area (Å²) in [5.41, 5.74) is 0.317. The second kappa shape index (κ2) is 5.00. The third-order valence-electron chi connectivity index (χ3n) is 3.38. The van der Waals surface area contributed by atoms with E-state index < -0.39 is 16.9 Å². The van der Waals surface area contributed by atoms with Crippen LogP contribution in [0, 0.1) is 0 Å². The van der Waals surface area contributed by atoms with Crippen LogP contribution in [0.15, 0.2) is 45.8 Å². The Morgan fingerprint density at radius 3 is 2.36 bits per heavy atom. The Bertz CT molecular complexity index is 909. The van der Waals surface area contributed by atoms with Crippen molar-refractivity contribution in [3.05, 3.63) is 46.8 Å². The van der Waals surface area contributed by atoms with Crippen LogP contribution < -0.4 is 10.2 Å². The van der Waals surface area contributed by atoms with E-state index in [0.717, 1.165) is 0 Å². The number of phenolic OH excluding ortho intramolecular Hbond substituents is 3. The van der Waals surface area contributed by atoms with Crippen molar-refractivity contribution >= 4 is 11.0 Å². The summed E-state index contributed by atoms with van der Waals surface area (Å²) >= 11 is 0. The zero-order valence-corrected chi connectivity index (χ0v) is 11.5. The first kappa shape index (κ1) is 13.8. The number of hydrogen-bond donors (Lipinski definition) is 3. The van der Waals surface area contributed by atoms with E-state index in [1.165, 1.54) is 31.6 Å². The van der Waals surface area contributed by atoms with Crippen LogP contribution in [-0.2, 0) is 0 Å². The number of methoxy groups -OCH3 is 1. The van der Waals surface area contributed by atoms with Gasteiger partial charge in [0.15, 0.2) is 11.5 Å². The van der Waals surface area contributed by atoms with Crippen molar-refractivity contribution in [3.8, 4) is 34.1 Å². The maximum atomic E-state index is 12.6. The highest BCUT2D eigenvalue weighted by Gasteiger charge is 2.19. The third kappa shape index (κ3) is 2.01. The van der Waals surface area contributed by atoms with Gasteiger partial charge in [0.05, 0.1) is 12.7 Å². The summed E-state index contributed by atoms with van der Waals surface area (Å²) in [4.78, 5) is 12.6. The Labute approximate surface area is 124 Å². The zero-order chi connectivity index (χ0) is 15.9. The molecule has 3 aromatic rings. The van der Waals surface area contributed by atoms with Crippen molar-refractivity contribution in [2.45, 2.75) is 0 Å². The maximum absolute atomic E-state index is 12.6. The highest BCUT2D eigenvalue weighted by Crippen LogP contribution is 2.40. The normalized spacial score (nSPS) is 10.8. The third-order valence-corrected chi connectivity index (χ3v) is 3.38. The standard InChI is InChI=1S/C16H12O6/c1-21-12-6-11-13(16(20)15(12)19)14(18)10(7-22-11)8-2-4-9(17)5-3-8/h2-7,17,19-20H,1H3. The molecule has 1 aromatic heterocycles. The summed E-state index contributed by atoms with van der Waals surface area (Å²) in [5.74, 6) is -1.04. The second-order valence-electron chi connectivity index (χ2n) is 4.67. The summed E-state index contributed by atoms with van der Waals surface area (Å²) in [5, 5.41) is 29.0. The minimum atomic E-state index is -0.594. The van der Waals surface area contributed by atoms with Crippen LogP contribution in [0.4, 0.5) is 0 Å². The lowest BCUT2D eigenvalue weighted by Crippen LogP contribution is -2.05. The highest BCUT2D eigenvalue weighted by atomic mass is 16.5. The van der Waals surface area contributed by atoms with E-state index in [4.69, 9.17) is 9.15 Å². The predicted molar refractivity (Wildman–Crippen MR) is 79.5 cm³/mol. The van der Waals surface area contributed by atoms with Crippen LogP contribution in [0.2, 0.25) is 0 Å². The lowest BCUT2D eigenvalue weighted by Gasteiger charge is -2.09. The number of aromatic hydroxyl groups is 3. The molecule has 2 aromatic carbocycles. The molecule has 0 aliphatic rings. The molecular formula is C16H12O6. The summed E-state index contributed by atoms with van der Waals surface area (Å²) in [6, 6.07) is 7.29. The van der Waals surface area contributed by atoms with E-state index >= 15 is 0 Å². The van der Waals surface area contributed by atoms with E-state index in [9.17, 15) is 20.1 Å². The topological polar surface area (TPSA) is 100 Å². The van der Waals surface area contributed by atoms with Crippen LogP contribution >= 0.6 is 0 Å². The van der Waals surface area contributed by atoms with Gasteiger partial charge < -0.3 is 24.5 Å². The largest absolute Gasteiger partial charge is 0.508 e. The molecule has 6 nitrogen and oxygen atoms in total. The molecule has 3 N–H and O–H groups in total. The summed E-state index contributed by atoms with van der Waals surface area (Å²) in [6.07, 6.45) is 1.26. The number of phenols is 3. The molecule has 0 saturated heterocycles. The Hall–Kier alpha value is -3.15. The van der Waals surface area contributed by atoms with Crippen LogP contribution in [-0.4, -0.2) is 22.4 Å². The summed E-state index contributed by atoms with van der Waals surface area (Å²) < 4.78 is 10.3. The van der Waals surface area contributed by atoms with Gasteiger partial charge in [0.2, 0.25) is 11.2 Å². The maximum Gasteiger partial charge on any atom is 0.204 e. The van der Waals surface area contributed by atoms with Crippen molar-refractivity contribution in [2.24, 2.45) is 0 Å². The second-order valence-corrected chi connectivity index (χ2v) is 4.67. The molecule has 0 fully saturated rings. The molecule has 3 rings (SSSR count). The molecule has 0 saturated carbocycles. The van der Waals surface area contributed by atoms with E-state index in [2.05, 4.69) is 0 Å². The van der Waals surface area contributed by atoms with Crippen molar-refractivity contribution in [3.63, 3.8) is 0 Å². The molecule has 112 valence electrons. The SMILES string of the molecule is COc1cc2occ(-c3ccc(O)cc3)c(=O)c2c(O)c1O. The van der Waals surface area contributed by atoms with Gasteiger partial charge in [-0.2, -0.15) is 0 Å². The van der Waals surface area contributed by atoms with Gasteiger partial charge in [-0.15, -0.1) is 0 Å². The van der Waals surface area contributed by atoms with Gasteiger partial charge in [0.25, 0.3) is 0 Å². The van der Waals surface area contributed by atoms with E-state index in [1.807, 2.05) is 0 Å². The number of fused-ring (bicyclic) bond motifs is 1. The van der Waals surface area contributed by atoms with Crippen LogP contribution in [0.5, 0.6) is 23.0 Å². The molecule has 0 aliphatic carbocycles. The van der Waals surface area contributed by atoms with E-state index in [-0.39, 0.29) is 28.0 Å². The molecule has 0 atom stereocenters. The number of benzene rings is 2. The molecule has 0 aliphatic heterocycles. The molecule has 0 radical (unpaired) electrons. The lowest BCUT2D eigenvalue weighted by atomic mass is 10.0. The smallest absolute Gasteiger partial charge is 0.204 e. The fourth-order valence-corrected chi connectivity index (χ4v) is 2.23. The summed E-state index contributed by atoms with van der Waals surface area (Å²) in [7, 11) is 1.32. The van der Waals surface area contributed by atoms with Crippen LogP contribution in [0.3, 0.4) is 0 Å². The molecule has 1 heterocycles. The van der Waals surface area contributed by atoms with Gasteiger partial charge in [0.1, 0.15) is 23.0 Å². The van der Waals surface area contributed by atoms with Gasteiger partial charge >= 0.3 is 0 Å². The Kier molecular flexibility index (Phi) is 3.14. The lowest BCUT2D eigenvalue weighted by molar-refractivity contribution is 0.352. The van der Waals surface area contributed by atoms with Gasteiger partial charge in [-0.3, -0.25) is 4.79 Å². The fourth-order valence-electron chi connectivity index (χ4n) is 2.23. The first-order chi connectivity index (χ1) is 10.5. The molecule has 0 bridgehead atoms. The van der Waals surface area contributed by atoms with Crippen molar-refractivity contribution in [1.82, 2.24) is 0 Å². The first-order valence-electron chi connectivity index (χ1n) is 6.36. The molecule has 0 amide bonds. The molecule has 22 heavy (non-hydrogen) atoms. The van der Waals surface area contributed by atoms with Gasteiger partial charge in [-0.25, -0.2) is 0 Å². The first-order valence-corrected chi connectivity index (χ1v) is 6.36. The molecule has 6 heteroatoms. The van der Waals surface area contributed by atoms with Gasteiger partial charge in [-0.05, 0) is 17.7 Å². The Balaban J connectivity index is 2.32. The summed E-state index contributed by atoms with van der Waals surface area (Å²) in [6.45, 7) is 0. The average Bonchev–Trinajstić information content (AvgIpc) is 2.52.